The predicted octanol–water partition coefficient (Wildman–Crippen LogP) is 3.67. The number of carbonyl (C=O) groups is 1. The summed E-state index contributed by atoms with van der Waals surface area (Å²) in [7, 11) is 0. The standard InChI is InChI=1S/C15H18N2O2/c1-9(2)12-7-5-6-10(3)14(12)17-15(18)13-8-19-11(4)16-13/h5-9H,1-4H3,(H,17,18). The molecular weight excluding hydrogens is 240 g/mol. The van der Waals surface area contributed by atoms with E-state index in [4.69, 9.17) is 4.42 Å². The number of nitrogens with one attached hydrogen (secondary N) is 1. The number of oxazole rings is 1. The van der Waals surface area contributed by atoms with E-state index in [1.54, 1.807) is 6.92 Å². The maximum atomic E-state index is 12.1. The summed E-state index contributed by atoms with van der Waals surface area (Å²) in [5.41, 5.74) is 3.33. The summed E-state index contributed by atoms with van der Waals surface area (Å²) in [5, 5.41) is 2.93. The number of aryl methyl sites for hydroxylation is 2. The first-order valence-electron chi connectivity index (χ1n) is 6.32. The van der Waals surface area contributed by atoms with Crippen LogP contribution in [0.3, 0.4) is 0 Å². The van der Waals surface area contributed by atoms with Gasteiger partial charge < -0.3 is 9.73 Å². The van der Waals surface area contributed by atoms with Crippen molar-refractivity contribution < 1.29 is 9.21 Å². The number of anilines is 1. The van der Waals surface area contributed by atoms with Crippen molar-refractivity contribution in [3.05, 3.63) is 47.2 Å². The number of nitrogens with zero attached hydrogens (tertiary/aromatic N) is 1. The van der Waals surface area contributed by atoms with Gasteiger partial charge in [0.1, 0.15) is 6.26 Å². The molecule has 0 saturated heterocycles. The summed E-state index contributed by atoms with van der Waals surface area (Å²) in [6.45, 7) is 7.90. The lowest BCUT2D eigenvalue weighted by Crippen LogP contribution is -2.15. The van der Waals surface area contributed by atoms with Gasteiger partial charge in [0, 0.05) is 12.6 Å². The van der Waals surface area contributed by atoms with Crippen LogP contribution < -0.4 is 5.32 Å². The summed E-state index contributed by atoms with van der Waals surface area (Å²) in [6.07, 6.45) is 1.37. The normalized spacial score (nSPS) is 10.8. The maximum absolute atomic E-state index is 12.1. The molecule has 2 aromatic rings. The van der Waals surface area contributed by atoms with Gasteiger partial charge in [-0.25, -0.2) is 4.98 Å². The van der Waals surface area contributed by atoms with Crippen LogP contribution in [-0.4, -0.2) is 10.9 Å². The van der Waals surface area contributed by atoms with E-state index in [-0.39, 0.29) is 5.91 Å². The summed E-state index contributed by atoms with van der Waals surface area (Å²) < 4.78 is 5.06. The van der Waals surface area contributed by atoms with E-state index in [1.807, 2.05) is 25.1 Å². The van der Waals surface area contributed by atoms with Crippen molar-refractivity contribution >= 4 is 11.6 Å². The molecule has 0 aliphatic heterocycles. The fraction of sp³-hybridized carbons (Fsp3) is 0.333. The fourth-order valence-corrected chi connectivity index (χ4v) is 1.99. The number of aromatic nitrogens is 1. The van der Waals surface area contributed by atoms with Crippen molar-refractivity contribution in [1.82, 2.24) is 4.98 Å². The minimum absolute atomic E-state index is 0.243. The Morgan fingerprint density at radius 1 is 1.32 bits per heavy atom. The van der Waals surface area contributed by atoms with Gasteiger partial charge in [0.2, 0.25) is 0 Å². The molecule has 0 atom stereocenters. The highest BCUT2D eigenvalue weighted by molar-refractivity contribution is 6.03. The van der Waals surface area contributed by atoms with E-state index < -0.39 is 0 Å². The van der Waals surface area contributed by atoms with Crippen molar-refractivity contribution in [2.75, 3.05) is 5.32 Å². The zero-order valence-corrected chi connectivity index (χ0v) is 11.7. The SMILES string of the molecule is Cc1nc(C(=O)Nc2c(C)cccc2C(C)C)co1. The van der Waals surface area contributed by atoms with Gasteiger partial charge in [-0.15, -0.1) is 0 Å². The van der Waals surface area contributed by atoms with Crippen molar-refractivity contribution in [3.8, 4) is 0 Å². The van der Waals surface area contributed by atoms with Gasteiger partial charge in [0.15, 0.2) is 11.6 Å². The Labute approximate surface area is 112 Å². The number of carbonyl (C=O) groups excluding carboxylic acids is 1. The van der Waals surface area contributed by atoms with E-state index in [0.29, 0.717) is 17.5 Å². The maximum Gasteiger partial charge on any atom is 0.277 e. The third kappa shape index (κ3) is 2.84. The highest BCUT2D eigenvalue weighted by Crippen LogP contribution is 2.27. The van der Waals surface area contributed by atoms with Gasteiger partial charge >= 0.3 is 0 Å². The van der Waals surface area contributed by atoms with Gasteiger partial charge in [-0.1, -0.05) is 32.0 Å². The molecule has 0 fully saturated rings. The highest BCUT2D eigenvalue weighted by Gasteiger charge is 2.15. The first-order valence-corrected chi connectivity index (χ1v) is 6.32. The van der Waals surface area contributed by atoms with Crippen LogP contribution in [-0.2, 0) is 0 Å². The molecule has 0 aliphatic carbocycles. The molecule has 4 nitrogen and oxygen atoms in total. The average molecular weight is 258 g/mol. The zero-order valence-electron chi connectivity index (χ0n) is 11.7. The van der Waals surface area contributed by atoms with Gasteiger partial charge in [-0.2, -0.15) is 0 Å². The van der Waals surface area contributed by atoms with Crippen LogP contribution in [0, 0.1) is 13.8 Å². The van der Waals surface area contributed by atoms with E-state index in [0.717, 1.165) is 16.8 Å². The van der Waals surface area contributed by atoms with E-state index in [1.165, 1.54) is 6.26 Å². The van der Waals surface area contributed by atoms with Crippen LogP contribution in [0.15, 0.2) is 28.9 Å². The van der Waals surface area contributed by atoms with Crippen LogP contribution in [0.1, 0.15) is 47.3 Å². The topological polar surface area (TPSA) is 55.1 Å². The molecule has 1 aromatic heterocycles. The van der Waals surface area contributed by atoms with Crippen LogP contribution in [0.4, 0.5) is 5.69 Å². The molecule has 0 radical (unpaired) electrons. The number of benzene rings is 1. The largest absolute Gasteiger partial charge is 0.448 e. The lowest BCUT2D eigenvalue weighted by molar-refractivity contribution is 0.102. The zero-order chi connectivity index (χ0) is 14.0. The number of amides is 1. The lowest BCUT2D eigenvalue weighted by Gasteiger charge is -2.15. The molecule has 100 valence electrons. The van der Waals surface area contributed by atoms with Gasteiger partial charge in [-0.05, 0) is 24.0 Å². The summed E-state index contributed by atoms with van der Waals surface area (Å²) in [6, 6.07) is 6.01. The Bertz CT molecular complexity index is 600. The first-order chi connectivity index (χ1) is 8.99. The smallest absolute Gasteiger partial charge is 0.277 e. The quantitative estimate of drug-likeness (QED) is 0.913. The molecule has 1 aromatic carbocycles. The van der Waals surface area contributed by atoms with E-state index in [2.05, 4.69) is 24.1 Å². The van der Waals surface area contributed by atoms with Gasteiger partial charge in [-0.3, -0.25) is 4.79 Å². The van der Waals surface area contributed by atoms with Crippen LogP contribution in [0.2, 0.25) is 0 Å². The van der Waals surface area contributed by atoms with Gasteiger partial charge in [0.05, 0.1) is 0 Å². The third-order valence-electron chi connectivity index (χ3n) is 3.02. The second kappa shape index (κ2) is 5.26. The van der Waals surface area contributed by atoms with Gasteiger partial charge in [0.25, 0.3) is 5.91 Å². The molecule has 19 heavy (non-hydrogen) atoms. The minimum Gasteiger partial charge on any atom is -0.448 e. The predicted molar refractivity (Wildman–Crippen MR) is 74.5 cm³/mol. The lowest BCUT2D eigenvalue weighted by atomic mass is 9.98. The van der Waals surface area contributed by atoms with E-state index in [9.17, 15) is 4.79 Å². The van der Waals surface area contributed by atoms with Crippen molar-refractivity contribution in [3.63, 3.8) is 0 Å². The number of para-hydroxylation sites is 1. The first kappa shape index (κ1) is 13.3. The fourth-order valence-electron chi connectivity index (χ4n) is 1.99. The molecule has 4 heteroatoms. The summed E-state index contributed by atoms with van der Waals surface area (Å²) >= 11 is 0. The number of rotatable bonds is 3. The Kier molecular flexibility index (Phi) is 3.69. The van der Waals surface area contributed by atoms with E-state index >= 15 is 0 Å². The molecule has 0 spiro atoms. The second-order valence-electron chi connectivity index (χ2n) is 4.90. The second-order valence-corrected chi connectivity index (χ2v) is 4.90. The molecule has 0 saturated carbocycles. The Morgan fingerprint density at radius 3 is 2.63 bits per heavy atom. The van der Waals surface area contributed by atoms with Crippen LogP contribution >= 0.6 is 0 Å². The summed E-state index contributed by atoms with van der Waals surface area (Å²) in [4.78, 5) is 16.2. The molecule has 1 N–H and O–H groups in total. The summed E-state index contributed by atoms with van der Waals surface area (Å²) in [5.74, 6) is 0.585. The number of hydrogen-bond acceptors (Lipinski definition) is 3. The molecule has 0 aliphatic rings. The van der Waals surface area contributed by atoms with Crippen molar-refractivity contribution in [1.29, 1.82) is 0 Å². The Hall–Kier alpha value is -2.10. The van der Waals surface area contributed by atoms with Crippen molar-refractivity contribution in [2.24, 2.45) is 0 Å². The molecule has 1 heterocycles. The average Bonchev–Trinajstić information content (AvgIpc) is 2.78. The third-order valence-corrected chi connectivity index (χ3v) is 3.02. The van der Waals surface area contributed by atoms with Crippen LogP contribution in [0.5, 0.6) is 0 Å². The monoisotopic (exact) mass is 258 g/mol. The van der Waals surface area contributed by atoms with Crippen LogP contribution in [0.25, 0.3) is 0 Å². The minimum atomic E-state index is -0.243. The number of hydrogen-bond donors (Lipinski definition) is 1. The highest BCUT2D eigenvalue weighted by atomic mass is 16.3. The van der Waals surface area contributed by atoms with Crippen molar-refractivity contribution in [2.45, 2.75) is 33.6 Å². The molecular formula is C15H18N2O2. The molecule has 0 bridgehead atoms. The molecule has 1 amide bonds. The molecule has 0 unspecified atom stereocenters. The molecule has 2 rings (SSSR count). The Morgan fingerprint density at radius 2 is 2.05 bits per heavy atom. The Balaban J connectivity index is 2.31.